The Morgan fingerprint density at radius 3 is 1.21 bits per heavy atom. The average molecular weight is 1820 g/mol. The average Bonchev–Trinajstić information content (AvgIpc) is 1.62. The van der Waals surface area contributed by atoms with Gasteiger partial charge in [-0.2, -0.15) is 0 Å². The van der Waals surface area contributed by atoms with Gasteiger partial charge < -0.3 is 23.9 Å². The number of nitrogen functional groups attached to an aromatic ring is 1. The minimum atomic E-state index is -3.09. The van der Waals surface area contributed by atoms with Crippen molar-refractivity contribution in [3.8, 4) is 28.3 Å². The number of carbonyl (C=O) groups is 2. The van der Waals surface area contributed by atoms with Gasteiger partial charge in [0.15, 0.2) is 7.14 Å². The molecule has 0 unspecified atom stereocenters. The molecule has 0 amide bonds. The third-order valence-electron chi connectivity index (χ3n) is 21.4. The van der Waals surface area contributed by atoms with Crippen LogP contribution in [-0.2, 0) is 15.8 Å². The first-order chi connectivity index (χ1) is 59.9. The molecule has 24 rings (SSSR count). The number of hydrogen-bond acceptors (Lipinski definition) is 12. The van der Waals surface area contributed by atoms with Gasteiger partial charge in [-0.05, 0) is 89.5 Å². The van der Waals surface area contributed by atoms with Crippen molar-refractivity contribution < 1.29 is 27.7 Å². The highest BCUT2D eigenvalue weighted by atomic mass is 79.9. The summed E-state index contributed by atoms with van der Waals surface area (Å²) in [5.41, 5.74) is 17.8. The number of carbonyl (C=O) groups excluding carboxylic acids is 2. The van der Waals surface area contributed by atoms with Crippen LogP contribution in [-0.4, -0.2) is 22.2 Å². The number of ether oxygens (including phenoxy) is 1. The first-order valence-corrected chi connectivity index (χ1v) is 47.3. The number of hydrogen-bond donors (Lipinski definition) is 1. The van der Waals surface area contributed by atoms with E-state index in [1.54, 1.807) is 52.2 Å². The smallest absolute Gasteiger partial charge is 0.315 e. The highest BCUT2D eigenvalue weighted by molar-refractivity contribution is 9.10. The molecular weight excluding hydrogens is 1750 g/mol. The Hall–Kier alpha value is -12.6. The number of nitrogens with two attached hydrogens (primary N) is 1. The van der Waals surface area contributed by atoms with Crippen molar-refractivity contribution in [3.05, 3.63) is 402 Å². The molecule has 17 heteroatoms. The number of pyridine rings is 2. The number of fused-ring (bicyclic) bond motifs is 22. The predicted octanol–water partition coefficient (Wildman–Crippen LogP) is 29.1. The minimum Gasteiger partial charge on any atom is -0.455 e. The monoisotopic (exact) mass is 1820 g/mol. The van der Waals surface area contributed by atoms with Crippen LogP contribution >= 0.6 is 91.5 Å². The van der Waals surface area contributed by atoms with Gasteiger partial charge in [0.05, 0.1) is 61.0 Å². The number of aromatic nitrogens is 2. The van der Waals surface area contributed by atoms with E-state index >= 15 is 0 Å². The maximum Gasteiger partial charge on any atom is 0.315 e. The molecular formula is C105H68Br2ClN3O6P2S3. The predicted molar refractivity (Wildman–Crippen MR) is 526 cm³/mol. The summed E-state index contributed by atoms with van der Waals surface area (Å²) < 4.78 is 42.3. The minimum absolute atomic E-state index is 0.152. The topological polar surface area (TPSA) is 139 Å². The van der Waals surface area contributed by atoms with Gasteiger partial charge in [-0.15, -0.1) is 34.0 Å². The van der Waals surface area contributed by atoms with Gasteiger partial charge in [0, 0.05) is 121 Å². The molecule has 0 aliphatic carbocycles. The number of thiophene rings is 3. The fourth-order valence-corrected chi connectivity index (χ4v) is 24.2. The third-order valence-corrected chi connectivity index (χ3v) is 31.9. The summed E-state index contributed by atoms with van der Waals surface area (Å²) in [4.78, 5) is 31.5. The molecule has 2 N–H and O–H groups in total. The number of esters is 1. The van der Waals surface area contributed by atoms with Gasteiger partial charge in [0.1, 0.15) is 34.4 Å². The lowest BCUT2D eigenvalue weighted by atomic mass is 10.0. The van der Waals surface area contributed by atoms with E-state index in [9.17, 15) is 14.2 Å². The SMILES string of the molecule is Brc1ccc(-c2nc3c(ccc4c5ccccc5sc43)c3oc4ccccc4c23)cc1.ClP(c1ccccc1)c1ccccc1.Nc1cccc2c1sc1ccccc12.O=C1Cc2ccccc2O1.O=Cc1ccc(Br)cc1.O=P(c1ccccc1)(c1ccccc1)c1ccc(-c2nc3c(ccc4c5ccccc5sc43)c3oc4ccccc4c23)cc1. The molecule has 1 aliphatic heterocycles. The lowest BCUT2D eigenvalue weighted by molar-refractivity contribution is -0.131. The summed E-state index contributed by atoms with van der Waals surface area (Å²) >= 11 is 18.5. The maximum absolute atomic E-state index is 15.0. The summed E-state index contributed by atoms with van der Waals surface area (Å²) in [5.74, 6) is 0.564. The fraction of sp³-hybridized carbons (Fsp3) is 0.00952. The summed E-state index contributed by atoms with van der Waals surface area (Å²) in [6.45, 7) is 0. The van der Waals surface area contributed by atoms with Gasteiger partial charge in [-0.1, -0.05) is 346 Å². The molecule has 0 atom stereocenters. The van der Waals surface area contributed by atoms with Crippen LogP contribution in [0.3, 0.4) is 0 Å². The summed E-state index contributed by atoms with van der Waals surface area (Å²) in [6, 6.07) is 128. The molecule has 122 heavy (non-hydrogen) atoms. The van der Waals surface area contributed by atoms with Gasteiger partial charge in [0.2, 0.25) is 0 Å². The van der Waals surface area contributed by atoms with E-state index in [0.29, 0.717) is 17.7 Å². The summed E-state index contributed by atoms with van der Waals surface area (Å²) in [6.07, 6.45) is 1.25. The quantitative estimate of drug-likeness (QED) is 0.0518. The summed E-state index contributed by atoms with van der Waals surface area (Å²) in [5, 5.41) is 18.7. The van der Waals surface area contributed by atoms with Gasteiger partial charge in [-0.25, -0.2) is 9.97 Å². The molecule has 7 aromatic heterocycles. The van der Waals surface area contributed by atoms with Crippen molar-refractivity contribution in [2.75, 3.05) is 5.73 Å². The van der Waals surface area contributed by atoms with E-state index in [-0.39, 0.29) is 5.97 Å². The van der Waals surface area contributed by atoms with Crippen LogP contribution in [0.25, 0.3) is 149 Å². The Morgan fingerprint density at radius 2 is 0.746 bits per heavy atom. The van der Waals surface area contributed by atoms with E-state index in [4.69, 9.17) is 40.5 Å². The number of rotatable bonds is 8. The van der Waals surface area contributed by atoms with E-state index in [0.717, 1.165) is 135 Å². The second kappa shape index (κ2) is 34.9. The second-order valence-electron chi connectivity index (χ2n) is 28.9. The zero-order chi connectivity index (χ0) is 82.8. The molecule has 16 aromatic carbocycles. The van der Waals surface area contributed by atoms with E-state index < -0.39 is 14.4 Å². The van der Waals surface area contributed by atoms with Crippen molar-refractivity contribution in [1.82, 2.24) is 9.97 Å². The normalized spacial score (nSPS) is 11.8. The Kier molecular flexibility index (Phi) is 22.7. The Labute approximate surface area is 736 Å². The Balaban J connectivity index is 0.000000108. The number of nitrogens with zero attached hydrogens (tertiary/aromatic N) is 2. The van der Waals surface area contributed by atoms with Crippen LogP contribution in [0.4, 0.5) is 5.69 Å². The van der Waals surface area contributed by atoms with E-state index in [1.807, 2.05) is 182 Å². The van der Waals surface area contributed by atoms with Crippen LogP contribution in [0.5, 0.6) is 5.75 Å². The Bertz CT molecular complexity index is 7800. The molecule has 9 nitrogen and oxygen atoms in total. The molecule has 588 valence electrons. The van der Waals surface area contributed by atoms with Crippen LogP contribution in [0, 0.1) is 0 Å². The number of benzene rings is 16. The zero-order valence-electron chi connectivity index (χ0n) is 64.8. The summed E-state index contributed by atoms with van der Waals surface area (Å²) in [7, 11) is -3.79. The first kappa shape index (κ1) is 79.2. The number of para-hydroxylation sites is 3. The van der Waals surface area contributed by atoms with E-state index in [1.165, 1.54) is 66.4 Å². The van der Waals surface area contributed by atoms with E-state index in [2.05, 4.69) is 214 Å². The second-order valence-corrected chi connectivity index (χ2v) is 39.3. The molecule has 0 radical (unpaired) electrons. The molecule has 23 aromatic rings. The van der Waals surface area contributed by atoms with Crippen molar-refractivity contribution >= 4 is 262 Å². The highest BCUT2D eigenvalue weighted by Crippen LogP contribution is 2.49. The van der Waals surface area contributed by atoms with Gasteiger partial charge in [-0.3, -0.25) is 9.59 Å². The molecule has 1 aliphatic rings. The van der Waals surface area contributed by atoms with Crippen LogP contribution < -0.4 is 37.0 Å². The lowest BCUT2D eigenvalue weighted by Gasteiger charge is -2.20. The number of aldehydes is 1. The molecule has 0 spiro atoms. The van der Waals surface area contributed by atoms with Crippen molar-refractivity contribution in [3.63, 3.8) is 0 Å². The molecule has 0 saturated carbocycles. The van der Waals surface area contributed by atoms with Gasteiger partial charge >= 0.3 is 5.97 Å². The number of furan rings is 2. The lowest BCUT2D eigenvalue weighted by Crippen LogP contribution is -2.24. The number of anilines is 1. The molecule has 0 bridgehead atoms. The molecule has 8 heterocycles. The standard InChI is InChI=1S/C39H24NO2PS.C27H14BrNOS.C12H10ClP.C12H9NS.C8H6O2.C7H5BrO/c41-43(26-11-3-1-4-12-26,27-13-5-2-6-14-27)28-21-19-25(20-22-28)36-35-31-16-7-9-17-33(31)42-38(35)32-24-23-30-29-15-8-10-18-34(29)44-39(30)37(32)40-36;28-16-11-9-15(10-12-16)24-23-19-6-1-3-7-21(19)30-26(23)20-14-13-18-17-5-2-4-8-22(17)31-27(18)25(20)29-24;13-14(11-7-3-1-4-8-11)12-9-5-2-6-10-12;13-10-6-3-5-9-8-4-1-2-7-11(8)14-12(9)10;9-8-5-6-3-1-2-4-7(6)10-8;8-7-3-1-6(5-9)2-4-7/h1-24H;1-14H;1-10H;1-7H,13H2;1-4H,5H2;1-5H. The van der Waals surface area contributed by atoms with Crippen LogP contribution in [0.2, 0.25) is 0 Å². The van der Waals surface area contributed by atoms with Crippen molar-refractivity contribution in [2.45, 2.75) is 6.42 Å². The largest absolute Gasteiger partial charge is 0.455 e. The highest BCUT2D eigenvalue weighted by Gasteiger charge is 2.31. The van der Waals surface area contributed by atoms with Crippen molar-refractivity contribution in [1.29, 1.82) is 0 Å². The third kappa shape index (κ3) is 15.6. The van der Waals surface area contributed by atoms with Crippen LogP contribution in [0.15, 0.2) is 400 Å². The number of halogens is 3. The van der Waals surface area contributed by atoms with Crippen LogP contribution in [0.1, 0.15) is 15.9 Å². The van der Waals surface area contributed by atoms with Crippen molar-refractivity contribution in [2.24, 2.45) is 0 Å². The zero-order valence-corrected chi connectivity index (χ0v) is 73.0. The Morgan fingerprint density at radius 1 is 0.377 bits per heavy atom. The maximum atomic E-state index is 15.0. The van der Waals surface area contributed by atoms with Gasteiger partial charge in [0.25, 0.3) is 0 Å². The molecule has 0 saturated heterocycles. The first-order valence-electron chi connectivity index (χ1n) is 39.3. The molecule has 0 fully saturated rings. The fourth-order valence-electron chi connectivity index (χ4n) is 15.6.